The standard InChI is InChI=1S/C16H25NO/c1-2-14-7-6-8-15(11-14)17-12-16(13-18)9-4-3-5-10-16/h6-8,11,17-18H,2-5,9-10,12-13H2,1H3. The summed E-state index contributed by atoms with van der Waals surface area (Å²) in [4.78, 5) is 0. The van der Waals surface area contributed by atoms with Gasteiger partial charge in [-0.1, -0.05) is 38.3 Å². The smallest absolute Gasteiger partial charge is 0.0504 e. The fraction of sp³-hybridized carbons (Fsp3) is 0.625. The Hall–Kier alpha value is -1.02. The van der Waals surface area contributed by atoms with E-state index in [9.17, 15) is 5.11 Å². The van der Waals surface area contributed by atoms with Crippen LogP contribution in [0.1, 0.15) is 44.6 Å². The summed E-state index contributed by atoms with van der Waals surface area (Å²) in [6.45, 7) is 3.39. The number of aryl methyl sites for hydroxylation is 1. The summed E-state index contributed by atoms with van der Waals surface area (Å²) in [5, 5.41) is 13.2. The highest BCUT2D eigenvalue weighted by molar-refractivity contribution is 5.46. The van der Waals surface area contributed by atoms with Gasteiger partial charge in [-0.05, 0) is 37.0 Å². The molecule has 1 fully saturated rings. The van der Waals surface area contributed by atoms with Crippen LogP contribution >= 0.6 is 0 Å². The van der Waals surface area contributed by atoms with Crippen molar-refractivity contribution in [3.05, 3.63) is 29.8 Å². The molecule has 0 aliphatic heterocycles. The molecule has 18 heavy (non-hydrogen) atoms. The highest BCUT2D eigenvalue weighted by atomic mass is 16.3. The van der Waals surface area contributed by atoms with Crippen molar-refractivity contribution in [1.82, 2.24) is 0 Å². The number of hydrogen-bond acceptors (Lipinski definition) is 2. The van der Waals surface area contributed by atoms with E-state index in [1.807, 2.05) is 0 Å². The molecule has 0 aromatic heterocycles. The zero-order valence-corrected chi connectivity index (χ0v) is 11.4. The predicted molar refractivity (Wildman–Crippen MR) is 76.9 cm³/mol. The number of rotatable bonds is 5. The van der Waals surface area contributed by atoms with Crippen LogP contribution in [-0.4, -0.2) is 18.3 Å². The van der Waals surface area contributed by atoms with Gasteiger partial charge >= 0.3 is 0 Å². The average Bonchev–Trinajstić information content (AvgIpc) is 2.46. The lowest BCUT2D eigenvalue weighted by Crippen LogP contribution is -2.35. The van der Waals surface area contributed by atoms with E-state index in [0.29, 0.717) is 6.61 Å². The Morgan fingerprint density at radius 1 is 1.22 bits per heavy atom. The first kappa shape index (κ1) is 13.4. The largest absolute Gasteiger partial charge is 0.396 e. The summed E-state index contributed by atoms with van der Waals surface area (Å²) in [7, 11) is 0. The lowest BCUT2D eigenvalue weighted by molar-refractivity contribution is 0.0944. The van der Waals surface area contributed by atoms with Crippen molar-refractivity contribution in [2.24, 2.45) is 5.41 Å². The Kier molecular flexibility index (Phi) is 4.65. The highest BCUT2D eigenvalue weighted by Crippen LogP contribution is 2.36. The van der Waals surface area contributed by atoms with Crippen molar-refractivity contribution >= 4 is 5.69 Å². The molecule has 2 N–H and O–H groups in total. The minimum absolute atomic E-state index is 0.112. The van der Waals surface area contributed by atoms with Crippen LogP contribution in [-0.2, 0) is 6.42 Å². The first-order valence-electron chi connectivity index (χ1n) is 7.22. The summed E-state index contributed by atoms with van der Waals surface area (Å²) in [6, 6.07) is 8.60. The Balaban J connectivity index is 1.96. The van der Waals surface area contributed by atoms with E-state index in [1.54, 1.807) is 0 Å². The molecule has 0 radical (unpaired) electrons. The molecular weight excluding hydrogens is 222 g/mol. The van der Waals surface area contributed by atoms with Gasteiger partial charge in [0.1, 0.15) is 0 Å². The van der Waals surface area contributed by atoms with Gasteiger partial charge in [0.15, 0.2) is 0 Å². The highest BCUT2D eigenvalue weighted by Gasteiger charge is 2.30. The van der Waals surface area contributed by atoms with Crippen molar-refractivity contribution in [3.8, 4) is 0 Å². The third-order valence-electron chi connectivity index (χ3n) is 4.25. The van der Waals surface area contributed by atoms with Crippen LogP contribution in [0.15, 0.2) is 24.3 Å². The average molecular weight is 247 g/mol. The summed E-state index contributed by atoms with van der Waals surface area (Å²) >= 11 is 0. The fourth-order valence-electron chi connectivity index (χ4n) is 2.88. The molecular formula is C16H25NO. The van der Waals surface area contributed by atoms with Crippen LogP contribution in [0.4, 0.5) is 5.69 Å². The van der Waals surface area contributed by atoms with Gasteiger partial charge in [0.2, 0.25) is 0 Å². The van der Waals surface area contributed by atoms with E-state index < -0.39 is 0 Å². The van der Waals surface area contributed by atoms with Crippen LogP contribution in [0.3, 0.4) is 0 Å². The second kappa shape index (κ2) is 6.24. The molecule has 1 saturated carbocycles. The number of aliphatic hydroxyl groups excluding tert-OH is 1. The Morgan fingerprint density at radius 3 is 2.67 bits per heavy atom. The van der Waals surface area contributed by atoms with E-state index >= 15 is 0 Å². The van der Waals surface area contributed by atoms with Gasteiger partial charge < -0.3 is 10.4 Å². The van der Waals surface area contributed by atoms with Crippen LogP contribution in [0.2, 0.25) is 0 Å². The van der Waals surface area contributed by atoms with Gasteiger partial charge in [-0.15, -0.1) is 0 Å². The summed E-state index contributed by atoms with van der Waals surface area (Å²) < 4.78 is 0. The number of nitrogens with one attached hydrogen (secondary N) is 1. The Morgan fingerprint density at radius 2 is 2.00 bits per heavy atom. The number of anilines is 1. The van der Waals surface area contributed by atoms with Crippen molar-refractivity contribution in [2.75, 3.05) is 18.5 Å². The maximum absolute atomic E-state index is 9.68. The number of hydrogen-bond donors (Lipinski definition) is 2. The van der Waals surface area contributed by atoms with E-state index in [-0.39, 0.29) is 5.41 Å². The topological polar surface area (TPSA) is 32.3 Å². The van der Waals surface area contributed by atoms with E-state index in [0.717, 1.165) is 25.8 Å². The first-order valence-corrected chi connectivity index (χ1v) is 7.22. The van der Waals surface area contributed by atoms with Gasteiger partial charge in [0.05, 0.1) is 6.61 Å². The zero-order valence-electron chi connectivity index (χ0n) is 11.4. The van der Waals surface area contributed by atoms with Crippen LogP contribution in [0.5, 0.6) is 0 Å². The maximum atomic E-state index is 9.68. The van der Waals surface area contributed by atoms with E-state index in [1.165, 1.54) is 30.5 Å². The minimum atomic E-state index is 0.112. The molecule has 1 aliphatic rings. The monoisotopic (exact) mass is 247 g/mol. The van der Waals surface area contributed by atoms with Crippen LogP contribution in [0.25, 0.3) is 0 Å². The lowest BCUT2D eigenvalue weighted by Gasteiger charge is -2.36. The normalized spacial score (nSPS) is 18.6. The molecule has 1 aromatic carbocycles. The fourth-order valence-corrected chi connectivity index (χ4v) is 2.88. The summed E-state index contributed by atoms with van der Waals surface area (Å²) in [6.07, 6.45) is 7.23. The third kappa shape index (κ3) is 3.26. The minimum Gasteiger partial charge on any atom is -0.396 e. The number of aliphatic hydroxyl groups is 1. The third-order valence-corrected chi connectivity index (χ3v) is 4.25. The molecule has 0 atom stereocenters. The molecule has 0 unspecified atom stereocenters. The van der Waals surface area contributed by atoms with Gasteiger partial charge in [-0.25, -0.2) is 0 Å². The van der Waals surface area contributed by atoms with Crippen LogP contribution in [0, 0.1) is 5.41 Å². The molecule has 0 saturated heterocycles. The van der Waals surface area contributed by atoms with Crippen molar-refractivity contribution < 1.29 is 5.11 Å². The Labute approximate surface area is 110 Å². The van der Waals surface area contributed by atoms with Crippen LogP contribution < -0.4 is 5.32 Å². The summed E-state index contributed by atoms with van der Waals surface area (Å²) in [5.41, 5.74) is 2.66. The molecule has 0 spiro atoms. The molecule has 0 heterocycles. The molecule has 1 aromatic rings. The molecule has 0 bridgehead atoms. The molecule has 2 rings (SSSR count). The molecule has 2 nitrogen and oxygen atoms in total. The first-order chi connectivity index (χ1) is 8.78. The molecule has 0 amide bonds. The van der Waals surface area contributed by atoms with Gasteiger partial charge in [-0.3, -0.25) is 0 Å². The van der Waals surface area contributed by atoms with Crippen molar-refractivity contribution in [3.63, 3.8) is 0 Å². The predicted octanol–water partition coefficient (Wildman–Crippen LogP) is 3.60. The van der Waals surface area contributed by atoms with E-state index in [4.69, 9.17) is 0 Å². The second-order valence-corrected chi connectivity index (χ2v) is 5.63. The molecule has 100 valence electrons. The van der Waals surface area contributed by atoms with Crippen molar-refractivity contribution in [2.45, 2.75) is 45.4 Å². The van der Waals surface area contributed by atoms with Gasteiger partial charge in [0.25, 0.3) is 0 Å². The van der Waals surface area contributed by atoms with E-state index in [2.05, 4.69) is 36.5 Å². The lowest BCUT2D eigenvalue weighted by atomic mass is 9.74. The summed E-state index contributed by atoms with van der Waals surface area (Å²) in [5.74, 6) is 0. The quantitative estimate of drug-likeness (QED) is 0.833. The van der Waals surface area contributed by atoms with Gasteiger partial charge in [-0.2, -0.15) is 0 Å². The number of benzene rings is 1. The SMILES string of the molecule is CCc1cccc(NCC2(CO)CCCCC2)c1. The second-order valence-electron chi connectivity index (χ2n) is 5.63. The maximum Gasteiger partial charge on any atom is 0.0504 e. The zero-order chi connectivity index (χ0) is 12.8. The molecule has 2 heteroatoms. The Bertz CT molecular complexity index is 369. The van der Waals surface area contributed by atoms with Gasteiger partial charge in [0, 0.05) is 17.6 Å². The molecule has 1 aliphatic carbocycles. The van der Waals surface area contributed by atoms with Crippen molar-refractivity contribution in [1.29, 1.82) is 0 Å².